The lowest BCUT2D eigenvalue weighted by atomic mass is 10.4. The molecule has 0 unspecified atom stereocenters. The number of carbonyl (C=O) groups excluding carboxylic acids is 1. The molecular formula is C10H11N3O3. The van der Waals surface area contributed by atoms with Crippen LogP contribution in [0, 0.1) is 6.92 Å². The molecule has 2 aromatic rings. The standard InChI is InChI=1S/C10H11N3O3/c1-3-16-10(15)7-5-8-11-6(2)4-9(14)13(8)12-7/h4-5,14H,3H2,1-2H3. The van der Waals surface area contributed by atoms with Gasteiger partial charge in [-0.2, -0.15) is 9.61 Å². The normalized spacial score (nSPS) is 10.6. The Hall–Kier alpha value is -2.11. The first-order valence-corrected chi connectivity index (χ1v) is 4.85. The van der Waals surface area contributed by atoms with Gasteiger partial charge in [-0.1, -0.05) is 0 Å². The minimum Gasteiger partial charge on any atom is -0.493 e. The van der Waals surface area contributed by atoms with Crippen LogP contribution in [0.25, 0.3) is 5.65 Å². The number of aromatic nitrogens is 3. The minimum absolute atomic E-state index is 0.0574. The van der Waals surface area contributed by atoms with Gasteiger partial charge in [0.25, 0.3) is 0 Å². The lowest BCUT2D eigenvalue weighted by Gasteiger charge is -1.97. The number of ether oxygens (including phenoxy) is 1. The van der Waals surface area contributed by atoms with Crippen LogP contribution in [0.1, 0.15) is 23.1 Å². The van der Waals surface area contributed by atoms with Crippen LogP contribution in [0.2, 0.25) is 0 Å². The van der Waals surface area contributed by atoms with Crippen molar-refractivity contribution >= 4 is 11.6 Å². The second-order valence-corrected chi connectivity index (χ2v) is 3.28. The first-order valence-electron chi connectivity index (χ1n) is 4.85. The lowest BCUT2D eigenvalue weighted by molar-refractivity contribution is 0.0519. The van der Waals surface area contributed by atoms with Gasteiger partial charge in [-0.25, -0.2) is 9.78 Å². The van der Waals surface area contributed by atoms with Gasteiger partial charge in [0.05, 0.1) is 6.61 Å². The maximum absolute atomic E-state index is 11.4. The van der Waals surface area contributed by atoms with Gasteiger partial charge in [-0.05, 0) is 13.8 Å². The smallest absolute Gasteiger partial charge is 0.358 e. The number of hydrogen-bond acceptors (Lipinski definition) is 5. The van der Waals surface area contributed by atoms with Gasteiger partial charge >= 0.3 is 5.97 Å². The van der Waals surface area contributed by atoms with Crippen molar-refractivity contribution in [3.05, 3.63) is 23.5 Å². The quantitative estimate of drug-likeness (QED) is 0.763. The monoisotopic (exact) mass is 221 g/mol. The Morgan fingerprint density at radius 3 is 3.00 bits per heavy atom. The molecule has 0 amide bonds. The number of hydrogen-bond donors (Lipinski definition) is 1. The fourth-order valence-electron chi connectivity index (χ4n) is 1.39. The summed E-state index contributed by atoms with van der Waals surface area (Å²) >= 11 is 0. The Kier molecular flexibility index (Phi) is 2.47. The van der Waals surface area contributed by atoms with E-state index in [9.17, 15) is 9.90 Å². The summed E-state index contributed by atoms with van der Waals surface area (Å²) < 4.78 is 6.00. The number of esters is 1. The number of carbonyl (C=O) groups is 1. The Morgan fingerprint density at radius 1 is 1.56 bits per heavy atom. The first-order chi connectivity index (χ1) is 7.61. The highest BCUT2D eigenvalue weighted by atomic mass is 16.5. The molecule has 0 spiro atoms. The van der Waals surface area contributed by atoms with Gasteiger partial charge in [0.1, 0.15) is 0 Å². The molecule has 0 saturated heterocycles. The summed E-state index contributed by atoms with van der Waals surface area (Å²) in [6, 6.07) is 2.94. The van der Waals surface area contributed by atoms with Crippen LogP contribution in [0.5, 0.6) is 5.88 Å². The van der Waals surface area contributed by atoms with Crippen molar-refractivity contribution in [2.24, 2.45) is 0 Å². The van der Waals surface area contributed by atoms with Crippen molar-refractivity contribution in [1.29, 1.82) is 0 Å². The third-order valence-electron chi connectivity index (χ3n) is 2.02. The van der Waals surface area contributed by atoms with Gasteiger partial charge < -0.3 is 9.84 Å². The van der Waals surface area contributed by atoms with Crippen LogP contribution in [-0.2, 0) is 4.74 Å². The van der Waals surface area contributed by atoms with Crippen LogP contribution in [0.15, 0.2) is 12.1 Å². The highest BCUT2D eigenvalue weighted by molar-refractivity contribution is 5.88. The molecule has 0 aliphatic carbocycles. The van der Waals surface area contributed by atoms with Crippen molar-refractivity contribution < 1.29 is 14.6 Å². The van der Waals surface area contributed by atoms with Crippen LogP contribution < -0.4 is 0 Å². The molecule has 0 atom stereocenters. The van der Waals surface area contributed by atoms with Crippen molar-refractivity contribution in [3.8, 4) is 5.88 Å². The van der Waals surface area contributed by atoms with E-state index >= 15 is 0 Å². The van der Waals surface area contributed by atoms with E-state index in [0.29, 0.717) is 11.3 Å². The molecule has 2 aromatic heterocycles. The number of rotatable bonds is 2. The van der Waals surface area contributed by atoms with Crippen molar-refractivity contribution in [2.75, 3.05) is 6.61 Å². The molecule has 0 aromatic carbocycles. The summed E-state index contributed by atoms with van der Waals surface area (Å²) in [6.45, 7) is 3.75. The molecule has 0 aliphatic rings. The Morgan fingerprint density at radius 2 is 2.31 bits per heavy atom. The third-order valence-corrected chi connectivity index (χ3v) is 2.02. The molecule has 0 radical (unpaired) electrons. The first kappa shape index (κ1) is 10.4. The van der Waals surface area contributed by atoms with E-state index in [1.54, 1.807) is 13.8 Å². The minimum atomic E-state index is -0.523. The molecule has 16 heavy (non-hydrogen) atoms. The van der Waals surface area contributed by atoms with Crippen LogP contribution in [0.4, 0.5) is 0 Å². The maximum atomic E-state index is 11.4. The Balaban J connectivity index is 2.51. The van der Waals surface area contributed by atoms with Gasteiger partial charge in [-0.15, -0.1) is 0 Å². The van der Waals surface area contributed by atoms with Gasteiger partial charge in [-0.3, -0.25) is 0 Å². The highest BCUT2D eigenvalue weighted by Crippen LogP contribution is 2.14. The topological polar surface area (TPSA) is 76.7 Å². The summed E-state index contributed by atoms with van der Waals surface area (Å²) in [5.41, 5.74) is 1.20. The van der Waals surface area contributed by atoms with E-state index in [1.807, 2.05) is 0 Å². The summed E-state index contributed by atoms with van der Waals surface area (Å²) in [7, 11) is 0. The average molecular weight is 221 g/mol. The molecule has 0 bridgehead atoms. The average Bonchev–Trinajstić information content (AvgIpc) is 2.62. The zero-order chi connectivity index (χ0) is 11.7. The fourth-order valence-corrected chi connectivity index (χ4v) is 1.39. The zero-order valence-corrected chi connectivity index (χ0v) is 8.97. The number of fused-ring (bicyclic) bond motifs is 1. The summed E-state index contributed by atoms with van der Waals surface area (Å²) in [4.78, 5) is 15.5. The Bertz CT molecular complexity index is 547. The van der Waals surface area contributed by atoms with E-state index in [1.165, 1.54) is 16.6 Å². The molecular weight excluding hydrogens is 210 g/mol. The Labute approximate surface area is 91.5 Å². The largest absolute Gasteiger partial charge is 0.493 e. The van der Waals surface area contributed by atoms with Crippen molar-refractivity contribution in [1.82, 2.24) is 14.6 Å². The van der Waals surface area contributed by atoms with Crippen molar-refractivity contribution in [3.63, 3.8) is 0 Å². The van der Waals surface area contributed by atoms with Gasteiger partial charge in [0, 0.05) is 17.8 Å². The molecule has 2 rings (SSSR count). The second kappa shape index (κ2) is 3.80. The number of nitrogens with zero attached hydrogens (tertiary/aromatic N) is 3. The van der Waals surface area contributed by atoms with E-state index in [2.05, 4.69) is 10.1 Å². The predicted molar refractivity (Wildman–Crippen MR) is 55.3 cm³/mol. The molecule has 2 heterocycles. The van der Waals surface area contributed by atoms with E-state index in [-0.39, 0.29) is 18.2 Å². The SMILES string of the molecule is CCOC(=O)c1cc2nc(C)cc(O)n2n1. The van der Waals surface area contributed by atoms with E-state index < -0.39 is 5.97 Å². The van der Waals surface area contributed by atoms with Gasteiger partial charge in [0.15, 0.2) is 11.3 Å². The molecule has 6 nitrogen and oxygen atoms in total. The summed E-state index contributed by atoms with van der Waals surface area (Å²) in [6.07, 6.45) is 0. The predicted octanol–water partition coefficient (Wildman–Crippen LogP) is 0.920. The maximum Gasteiger partial charge on any atom is 0.358 e. The van der Waals surface area contributed by atoms with E-state index in [0.717, 1.165) is 0 Å². The molecule has 84 valence electrons. The summed E-state index contributed by atoms with van der Waals surface area (Å²) in [5, 5.41) is 13.5. The molecule has 0 aliphatic heterocycles. The lowest BCUT2D eigenvalue weighted by Crippen LogP contribution is -2.05. The number of aryl methyl sites for hydroxylation is 1. The molecule has 0 fully saturated rings. The fraction of sp³-hybridized carbons (Fsp3) is 0.300. The molecule has 1 N–H and O–H groups in total. The van der Waals surface area contributed by atoms with Crippen LogP contribution in [-0.4, -0.2) is 32.3 Å². The molecule has 6 heteroatoms. The van der Waals surface area contributed by atoms with Crippen LogP contribution in [0.3, 0.4) is 0 Å². The van der Waals surface area contributed by atoms with Crippen LogP contribution >= 0.6 is 0 Å². The third kappa shape index (κ3) is 1.69. The van der Waals surface area contributed by atoms with Crippen molar-refractivity contribution in [2.45, 2.75) is 13.8 Å². The second-order valence-electron chi connectivity index (χ2n) is 3.28. The molecule has 0 saturated carbocycles. The van der Waals surface area contributed by atoms with Gasteiger partial charge in [0.2, 0.25) is 5.88 Å². The zero-order valence-electron chi connectivity index (χ0n) is 8.97. The van der Waals surface area contributed by atoms with E-state index in [4.69, 9.17) is 4.74 Å². The summed E-state index contributed by atoms with van der Waals surface area (Å²) in [5.74, 6) is -0.580. The number of aromatic hydroxyl groups is 1. The highest BCUT2D eigenvalue weighted by Gasteiger charge is 2.14.